The zero-order valence-corrected chi connectivity index (χ0v) is 7.56. The number of rotatable bonds is 0. The van der Waals surface area contributed by atoms with E-state index in [1.165, 1.54) is 0 Å². The van der Waals surface area contributed by atoms with Gasteiger partial charge >= 0.3 is 0 Å². The molecule has 0 bridgehead atoms. The van der Waals surface area contributed by atoms with E-state index < -0.39 is 0 Å². The molecule has 1 nitrogen and oxygen atoms in total. The van der Waals surface area contributed by atoms with Gasteiger partial charge in [-0.3, -0.25) is 4.79 Å². The van der Waals surface area contributed by atoms with Gasteiger partial charge in [0.25, 0.3) is 0 Å². The number of ketones is 1. The first kappa shape index (κ1) is 8.25. The predicted octanol–water partition coefficient (Wildman–Crippen LogP) is 2.49. The van der Waals surface area contributed by atoms with Gasteiger partial charge in [-0.2, -0.15) is 0 Å². The number of carbonyl (C=O) groups excluding carboxylic acids is 1. The van der Waals surface area contributed by atoms with Crippen LogP contribution in [0.4, 0.5) is 0 Å². The molecule has 0 fully saturated rings. The zero-order valence-electron chi connectivity index (χ0n) is 7.56. The van der Waals surface area contributed by atoms with Crippen molar-refractivity contribution in [2.75, 3.05) is 0 Å². The maximum absolute atomic E-state index is 11.5. The van der Waals surface area contributed by atoms with E-state index in [2.05, 4.69) is 0 Å². The van der Waals surface area contributed by atoms with Crippen LogP contribution in [0.1, 0.15) is 27.7 Å². The number of Topliss-reactive ketones (excluding diaryl/α,β-unsaturated/α-hetero) is 1. The molecule has 0 radical (unpaired) electrons. The lowest BCUT2D eigenvalue weighted by molar-refractivity contribution is -0.120. The van der Waals surface area contributed by atoms with Gasteiger partial charge in [-0.15, -0.1) is 0 Å². The van der Waals surface area contributed by atoms with Crippen molar-refractivity contribution >= 4 is 5.78 Å². The van der Waals surface area contributed by atoms with E-state index in [1.54, 1.807) is 0 Å². The van der Waals surface area contributed by atoms with Crippen LogP contribution in [0, 0.1) is 5.41 Å². The van der Waals surface area contributed by atoms with Gasteiger partial charge < -0.3 is 0 Å². The summed E-state index contributed by atoms with van der Waals surface area (Å²) in [7, 11) is 0. The van der Waals surface area contributed by atoms with E-state index >= 15 is 0 Å². The van der Waals surface area contributed by atoms with E-state index in [1.807, 2.05) is 39.8 Å². The third kappa shape index (κ3) is 1.05. The first-order valence-corrected chi connectivity index (χ1v) is 3.90. The van der Waals surface area contributed by atoms with E-state index in [9.17, 15) is 4.79 Å². The molecular formula is C10H14O. The average molecular weight is 150 g/mol. The minimum Gasteiger partial charge on any atom is -0.294 e. The van der Waals surface area contributed by atoms with Crippen molar-refractivity contribution in [1.29, 1.82) is 0 Å². The maximum atomic E-state index is 11.5. The molecule has 1 heteroatoms. The first-order chi connectivity index (χ1) is 5.00. The van der Waals surface area contributed by atoms with Gasteiger partial charge in [0.05, 0.1) is 5.41 Å². The Morgan fingerprint density at radius 3 is 2.18 bits per heavy atom. The summed E-state index contributed by atoms with van der Waals surface area (Å²) in [6, 6.07) is 0. The predicted molar refractivity (Wildman–Crippen MR) is 46.3 cm³/mol. The Bertz CT molecular complexity index is 254. The van der Waals surface area contributed by atoms with Gasteiger partial charge in [-0.1, -0.05) is 12.2 Å². The minimum atomic E-state index is -0.279. The van der Waals surface area contributed by atoms with Gasteiger partial charge in [0, 0.05) is 0 Å². The van der Waals surface area contributed by atoms with Gasteiger partial charge in [-0.25, -0.2) is 0 Å². The molecule has 1 aliphatic carbocycles. The van der Waals surface area contributed by atoms with Gasteiger partial charge in [0.1, 0.15) is 0 Å². The Morgan fingerprint density at radius 1 is 1.45 bits per heavy atom. The number of hydrogen-bond donors (Lipinski definition) is 0. The normalized spacial score (nSPS) is 26.0. The van der Waals surface area contributed by atoms with Crippen molar-refractivity contribution in [2.24, 2.45) is 5.41 Å². The molecule has 0 atom stereocenters. The highest BCUT2D eigenvalue weighted by Gasteiger charge is 2.36. The lowest BCUT2D eigenvalue weighted by Gasteiger charge is -2.17. The van der Waals surface area contributed by atoms with Crippen LogP contribution in [0.15, 0.2) is 23.3 Å². The highest BCUT2D eigenvalue weighted by Crippen LogP contribution is 2.37. The topological polar surface area (TPSA) is 17.1 Å². The summed E-state index contributed by atoms with van der Waals surface area (Å²) < 4.78 is 0. The number of carbonyl (C=O) groups is 1. The van der Waals surface area contributed by atoms with Crippen LogP contribution >= 0.6 is 0 Å². The highest BCUT2D eigenvalue weighted by atomic mass is 16.1. The molecule has 0 unspecified atom stereocenters. The van der Waals surface area contributed by atoms with E-state index in [4.69, 9.17) is 0 Å². The van der Waals surface area contributed by atoms with Crippen molar-refractivity contribution in [3.63, 3.8) is 0 Å². The molecule has 11 heavy (non-hydrogen) atoms. The summed E-state index contributed by atoms with van der Waals surface area (Å²) in [5.74, 6) is 0.255. The van der Waals surface area contributed by atoms with Crippen LogP contribution in [0.2, 0.25) is 0 Å². The Labute approximate surface area is 67.8 Å². The summed E-state index contributed by atoms with van der Waals surface area (Å²) in [6.45, 7) is 7.79. The second kappa shape index (κ2) is 2.33. The van der Waals surface area contributed by atoms with E-state index in [0.29, 0.717) is 0 Å². The lowest BCUT2D eigenvalue weighted by atomic mass is 9.84. The molecule has 0 spiro atoms. The van der Waals surface area contributed by atoms with Crippen LogP contribution in [-0.4, -0.2) is 5.78 Å². The number of hydrogen-bond acceptors (Lipinski definition) is 1. The van der Waals surface area contributed by atoms with Gasteiger partial charge in [0.2, 0.25) is 0 Å². The van der Waals surface area contributed by atoms with Crippen LogP contribution in [0.25, 0.3) is 0 Å². The Kier molecular flexibility index (Phi) is 1.75. The maximum Gasteiger partial charge on any atom is 0.168 e. The fraction of sp³-hybridized carbons (Fsp3) is 0.500. The van der Waals surface area contributed by atoms with Crippen molar-refractivity contribution < 1.29 is 4.79 Å². The van der Waals surface area contributed by atoms with Crippen molar-refractivity contribution in [3.8, 4) is 0 Å². The average Bonchev–Trinajstić information content (AvgIpc) is 2.13. The van der Waals surface area contributed by atoms with E-state index in [0.717, 1.165) is 11.1 Å². The highest BCUT2D eigenvalue weighted by molar-refractivity contribution is 6.05. The standard InChI is InChI=1S/C10H14O/c1-5-8-6-7(2)9(11)10(8,3)4/h5-6H,1-4H3/b8-5+. The largest absolute Gasteiger partial charge is 0.294 e. The van der Waals surface area contributed by atoms with Crippen molar-refractivity contribution in [3.05, 3.63) is 23.3 Å². The van der Waals surface area contributed by atoms with Crippen molar-refractivity contribution in [2.45, 2.75) is 27.7 Å². The fourth-order valence-corrected chi connectivity index (χ4v) is 1.55. The quantitative estimate of drug-likeness (QED) is 0.518. The first-order valence-electron chi connectivity index (χ1n) is 3.90. The molecule has 0 aromatic rings. The second-order valence-corrected chi connectivity index (χ2v) is 3.53. The van der Waals surface area contributed by atoms with Crippen LogP contribution in [-0.2, 0) is 4.79 Å². The molecule has 1 aliphatic rings. The molecule has 60 valence electrons. The molecular weight excluding hydrogens is 136 g/mol. The number of allylic oxidation sites excluding steroid dienone is 4. The summed E-state index contributed by atoms with van der Waals surface area (Å²) in [5, 5.41) is 0. The zero-order chi connectivity index (χ0) is 8.65. The molecule has 0 aliphatic heterocycles. The van der Waals surface area contributed by atoms with Gasteiger partial charge in [-0.05, 0) is 38.8 Å². The van der Waals surface area contributed by atoms with Crippen molar-refractivity contribution in [1.82, 2.24) is 0 Å². The molecule has 0 saturated heterocycles. The summed E-state index contributed by atoms with van der Waals surface area (Å²) in [4.78, 5) is 11.5. The summed E-state index contributed by atoms with van der Waals surface area (Å²) in [5.41, 5.74) is 1.74. The monoisotopic (exact) mass is 150 g/mol. The molecule has 0 saturated carbocycles. The Balaban J connectivity index is 3.15. The minimum absolute atomic E-state index is 0.255. The third-order valence-electron chi connectivity index (χ3n) is 2.33. The second-order valence-electron chi connectivity index (χ2n) is 3.53. The molecule has 0 heterocycles. The van der Waals surface area contributed by atoms with Crippen LogP contribution in [0.3, 0.4) is 0 Å². The molecule has 0 amide bonds. The van der Waals surface area contributed by atoms with Crippen LogP contribution in [0.5, 0.6) is 0 Å². The Morgan fingerprint density at radius 2 is 2.00 bits per heavy atom. The van der Waals surface area contributed by atoms with E-state index in [-0.39, 0.29) is 11.2 Å². The smallest absolute Gasteiger partial charge is 0.168 e. The lowest BCUT2D eigenvalue weighted by Crippen LogP contribution is -2.20. The SMILES string of the molecule is C/C=C1\C=C(C)C(=O)C1(C)C. The summed E-state index contributed by atoms with van der Waals surface area (Å²) >= 11 is 0. The molecule has 0 N–H and O–H groups in total. The molecule has 0 aromatic carbocycles. The molecule has 1 rings (SSSR count). The Hall–Kier alpha value is -0.850. The van der Waals surface area contributed by atoms with Crippen LogP contribution < -0.4 is 0 Å². The van der Waals surface area contributed by atoms with Gasteiger partial charge in [0.15, 0.2) is 5.78 Å². The fourth-order valence-electron chi connectivity index (χ4n) is 1.55. The summed E-state index contributed by atoms with van der Waals surface area (Å²) in [6.07, 6.45) is 3.98. The third-order valence-corrected chi connectivity index (χ3v) is 2.33. The molecule has 0 aromatic heterocycles.